The van der Waals surface area contributed by atoms with Crippen LogP contribution in [0.3, 0.4) is 0 Å². The normalized spacial score (nSPS) is 49.7. The van der Waals surface area contributed by atoms with E-state index in [9.17, 15) is 9.90 Å². The molecule has 0 aromatic heterocycles. The standard InChI is InChI=1S/C22H36O3/c1-13(2)16-7-12-22(6,24)17-8-10-21(5)11-9-18(25-15(4)23)14(3)20(21)19(16)17/h14,16-20,24H,1,7-12H2,2-6H3/t14-,16-,17+,18+,19-,20+,21-,22+/m0/s1. The number of allylic oxidation sites excluding steroid dienone is 1. The summed E-state index contributed by atoms with van der Waals surface area (Å²) in [5, 5.41) is 11.1. The summed E-state index contributed by atoms with van der Waals surface area (Å²) < 4.78 is 5.70. The number of carbonyl (C=O) groups excluding carboxylic acids is 1. The molecule has 3 nitrogen and oxygen atoms in total. The molecule has 8 atom stereocenters. The fourth-order valence-electron chi connectivity index (χ4n) is 6.84. The number of hydrogen-bond acceptors (Lipinski definition) is 3. The van der Waals surface area contributed by atoms with Crippen LogP contribution >= 0.6 is 0 Å². The Bertz CT molecular complexity index is 551. The third-order valence-corrected chi connectivity index (χ3v) is 8.04. The van der Waals surface area contributed by atoms with Gasteiger partial charge in [-0.25, -0.2) is 0 Å². The van der Waals surface area contributed by atoms with E-state index in [0.717, 1.165) is 32.1 Å². The predicted molar refractivity (Wildman–Crippen MR) is 99.9 cm³/mol. The molecule has 0 radical (unpaired) electrons. The highest BCUT2D eigenvalue weighted by Gasteiger charge is 2.59. The molecule has 3 saturated carbocycles. The fraction of sp³-hybridized carbons (Fsp3) is 0.864. The molecule has 0 amide bonds. The van der Waals surface area contributed by atoms with Crippen LogP contribution in [0.1, 0.15) is 73.1 Å². The first-order chi connectivity index (χ1) is 11.6. The van der Waals surface area contributed by atoms with Crippen molar-refractivity contribution in [2.24, 2.45) is 35.0 Å². The molecule has 0 saturated heterocycles. The largest absolute Gasteiger partial charge is 0.462 e. The predicted octanol–water partition coefficient (Wildman–Crippen LogP) is 4.73. The SMILES string of the molecule is C=C(C)[C@@H]1CC[C@@](C)(O)[C@@H]2CC[C@@]3(C)CC[C@@H](OC(C)=O)[C@H](C)[C@@H]3[C@H]21. The average Bonchev–Trinajstić information content (AvgIpc) is 2.49. The van der Waals surface area contributed by atoms with Crippen molar-refractivity contribution in [3.63, 3.8) is 0 Å². The van der Waals surface area contributed by atoms with Gasteiger partial charge >= 0.3 is 5.97 Å². The Morgan fingerprint density at radius 1 is 1.12 bits per heavy atom. The Labute approximate surface area is 153 Å². The number of rotatable bonds is 2. The molecule has 25 heavy (non-hydrogen) atoms. The second-order valence-electron chi connectivity index (χ2n) is 9.80. The lowest BCUT2D eigenvalue weighted by Crippen LogP contribution is -2.59. The molecule has 0 bridgehead atoms. The van der Waals surface area contributed by atoms with Crippen LogP contribution in [0, 0.1) is 35.0 Å². The molecule has 3 aliphatic rings. The zero-order chi connectivity index (χ0) is 18.6. The monoisotopic (exact) mass is 348 g/mol. The van der Waals surface area contributed by atoms with Crippen molar-refractivity contribution < 1.29 is 14.6 Å². The molecule has 0 aromatic rings. The van der Waals surface area contributed by atoms with Gasteiger partial charge in [0.05, 0.1) is 5.60 Å². The van der Waals surface area contributed by atoms with E-state index in [2.05, 4.69) is 27.4 Å². The van der Waals surface area contributed by atoms with Crippen LogP contribution in [-0.2, 0) is 9.53 Å². The quantitative estimate of drug-likeness (QED) is 0.579. The highest BCUT2D eigenvalue weighted by atomic mass is 16.5. The molecular weight excluding hydrogens is 312 g/mol. The third kappa shape index (κ3) is 3.18. The van der Waals surface area contributed by atoms with Crippen molar-refractivity contribution in [2.75, 3.05) is 0 Å². The van der Waals surface area contributed by atoms with E-state index in [-0.39, 0.29) is 12.1 Å². The maximum absolute atomic E-state index is 11.6. The maximum atomic E-state index is 11.6. The molecule has 3 aliphatic carbocycles. The van der Waals surface area contributed by atoms with Crippen molar-refractivity contribution in [3.8, 4) is 0 Å². The maximum Gasteiger partial charge on any atom is 0.302 e. The third-order valence-electron chi connectivity index (χ3n) is 8.04. The second-order valence-corrected chi connectivity index (χ2v) is 9.80. The van der Waals surface area contributed by atoms with Crippen molar-refractivity contribution in [3.05, 3.63) is 12.2 Å². The Morgan fingerprint density at radius 3 is 2.36 bits per heavy atom. The van der Waals surface area contributed by atoms with Gasteiger partial charge in [-0.2, -0.15) is 0 Å². The molecule has 1 N–H and O–H groups in total. The number of ether oxygens (including phenoxy) is 1. The average molecular weight is 349 g/mol. The first kappa shape index (κ1) is 18.9. The molecule has 0 aliphatic heterocycles. The first-order valence-corrected chi connectivity index (χ1v) is 10.1. The summed E-state index contributed by atoms with van der Waals surface area (Å²) in [6.07, 6.45) is 6.30. The summed E-state index contributed by atoms with van der Waals surface area (Å²) in [7, 11) is 0. The second kappa shape index (κ2) is 6.40. The van der Waals surface area contributed by atoms with Crippen LogP contribution in [0.4, 0.5) is 0 Å². The van der Waals surface area contributed by atoms with Gasteiger partial charge in [0.25, 0.3) is 0 Å². The molecule has 0 unspecified atom stereocenters. The Balaban J connectivity index is 1.99. The van der Waals surface area contributed by atoms with Crippen LogP contribution in [0.5, 0.6) is 0 Å². The fourth-order valence-corrected chi connectivity index (χ4v) is 6.84. The minimum Gasteiger partial charge on any atom is -0.462 e. The highest BCUT2D eigenvalue weighted by molar-refractivity contribution is 5.66. The van der Waals surface area contributed by atoms with Gasteiger partial charge in [0.2, 0.25) is 0 Å². The van der Waals surface area contributed by atoms with Crippen LogP contribution in [0.2, 0.25) is 0 Å². The molecule has 0 spiro atoms. The number of hydrogen-bond donors (Lipinski definition) is 1. The van der Waals surface area contributed by atoms with E-state index in [1.54, 1.807) is 0 Å². The molecular formula is C22H36O3. The molecule has 3 heteroatoms. The lowest BCUT2D eigenvalue weighted by Gasteiger charge is -2.62. The van der Waals surface area contributed by atoms with E-state index in [1.807, 2.05) is 6.92 Å². The van der Waals surface area contributed by atoms with E-state index in [4.69, 9.17) is 4.74 Å². The summed E-state index contributed by atoms with van der Waals surface area (Å²) >= 11 is 0. The van der Waals surface area contributed by atoms with Crippen molar-refractivity contribution in [1.82, 2.24) is 0 Å². The van der Waals surface area contributed by atoms with Gasteiger partial charge in [0.1, 0.15) is 6.10 Å². The molecule has 3 fully saturated rings. The van der Waals surface area contributed by atoms with E-state index < -0.39 is 5.60 Å². The smallest absolute Gasteiger partial charge is 0.302 e. The lowest BCUT2D eigenvalue weighted by molar-refractivity contribution is -0.187. The summed E-state index contributed by atoms with van der Waals surface area (Å²) in [6.45, 7) is 14.7. The van der Waals surface area contributed by atoms with Crippen LogP contribution in [0.15, 0.2) is 12.2 Å². The molecule has 0 heterocycles. The van der Waals surface area contributed by atoms with E-state index >= 15 is 0 Å². The van der Waals surface area contributed by atoms with E-state index in [1.165, 1.54) is 18.9 Å². The lowest BCUT2D eigenvalue weighted by atomic mass is 9.44. The van der Waals surface area contributed by atoms with E-state index in [0.29, 0.717) is 35.0 Å². The first-order valence-electron chi connectivity index (χ1n) is 10.1. The summed E-state index contributed by atoms with van der Waals surface area (Å²) in [5.41, 5.74) is 0.973. The van der Waals surface area contributed by atoms with Crippen LogP contribution in [-0.4, -0.2) is 22.8 Å². The van der Waals surface area contributed by atoms with Crippen molar-refractivity contribution in [2.45, 2.75) is 84.8 Å². The van der Waals surface area contributed by atoms with Gasteiger partial charge in [-0.1, -0.05) is 26.0 Å². The van der Waals surface area contributed by atoms with Gasteiger partial charge in [-0.05, 0) is 87.4 Å². The van der Waals surface area contributed by atoms with Gasteiger partial charge in [0.15, 0.2) is 0 Å². The number of fused-ring (bicyclic) bond motifs is 3. The van der Waals surface area contributed by atoms with Gasteiger partial charge in [-0.3, -0.25) is 4.79 Å². The number of carbonyl (C=O) groups is 1. The number of esters is 1. The number of aliphatic hydroxyl groups is 1. The van der Waals surface area contributed by atoms with Gasteiger partial charge in [0, 0.05) is 6.92 Å². The highest BCUT2D eigenvalue weighted by Crippen LogP contribution is 2.63. The topological polar surface area (TPSA) is 46.5 Å². The van der Waals surface area contributed by atoms with Crippen molar-refractivity contribution >= 4 is 5.97 Å². The molecule has 142 valence electrons. The zero-order valence-corrected chi connectivity index (χ0v) is 16.7. The minimum atomic E-state index is -0.577. The van der Waals surface area contributed by atoms with Crippen molar-refractivity contribution in [1.29, 1.82) is 0 Å². The summed E-state index contributed by atoms with van der Waals surface area (Å²) in [6, 6.07) is 0. The van der Waals surface area contributed by atoms with Gasteiger partial charge < -0.3 is 9.84 Å². The minimum absolute atomic E-state index is 0.0203. The Hall–Kier alpha value is -0.830. The van der Waals surface area contributed by atoms with Crippen LogP contribution in [0.25, 0.3) is 0 Å². The Morgan fingerprint density at radius 2 is 1.76 bits per heavy atom. The summed E-state index contributed by atoms with van der Waals surface area (Å²) in [4.78, 5) is 11.6. The molecule has 0 aromatic carbocycles. The summed E-state index contributed by atoms with van der Waals surface area (Å²) in [5.74, 6) is 1.92. The zero-order valence-electron chi connectivity index (χ0n) is 16.7. The molecule has 3 rings (SSSR count). The van der Waals surface area contributed by atoms with Crippen LogP contribution < -0.4 is 0 Å². The Kier molecular flexibility index (Phi) is 4.85. The van der Waals surface area contributed by atoms with Gasteiger partial charge in [-0.15, -0.1) is 0 Å².